The molecular weight excluding hydrogens is 244 g/mol. The number of nitriles is 1. The van der Waals surface area contributed by atoms with E-state index in [1.54, 1.807) is 12.4 Å². The summed E-state index contributed by atoms with van der Waals surface area (Å²) in [7, 11) is 0. The van der Waals surface area contributed by atoms with Gasteiger partial charge in [0, 0.05) is 18.1 Å². The molecular formula is C10H10ClN4S+. The number of rotatable bonds is 3. The molecule has 0 atom stereocenters. The Hall–Kier alpha value is -1.47. The number of nitrogens with zero attached hydrogens (tertiary/aromatic N) is 3. The minimum atomic E-state index is 0.372. The summed E-state index contributed by atoms with van der Waals surface area (Å²) in [5, 5.41) is 9.05. The quantitative estimate of drug-likeness (QED) is 0.496. The molecule has 1 heterocycles. The highest BCUT2D eigenvalue weighted by Crippen LogP contribution is 2.15. The molecule has 2 N–H and O–H groups in total. The monoisotopic (exact) mass is 253 g/mol. The smallest absolute Gasteiger partial charge is 0.267 e. The van der Waals surface area contributed by atoms with Gasteiger partial charge in [0.15, 0.2) is 0 Å². The fourth-order valence-corrected chi connectivity index (χ4v) is 1.93. The standard InChI is InChI=1S/C10H9ClN4S/c11-7-15-10(13)16-6-9-5-14-4-2-8(9)1-3-12/h2,4-5,7,13H,1,6H2/p+1. The van der Waals surface area contributed by atoms with Gasteiger partial charge in [-0.3, -0.25) is 10.7 Å². The van der Waals surface area contributed by atoms with Gasteiger partial charge in [-0.1, -0.05) is 0 Å². The zero-order valence-corrected chi connectivity index (χ0v) is 10.0. The number of nitrogens with two attached hydrogens (primary N) is 1. The number of hydrogen-bond acceptors (Lipinski definition) is 3. The molecule has 1 aromatic heterocycles. The molecule has 0 saturated carbocycles. The molecule has 0 aromatic carbocycles. The fourth-order valence-electron chi connectivity index (χ4n) is 1.08. The van der Waals surface area contributed by atoms with Crippen LogP contribution >= 0.6 is 23.4 Å². The Bertz CT molecular complexity index is 460. The van der Waals surface area contributed by atoms with Crippen LogP contribution in [-0.4, -0.2) is 15.8 Å². The van der Waals surface area contributed by atoms with E-state index in [0.717, 1.165) is 16.8 Å². The number of hydrogen-bond donors (Lipinski definition) is 1. The lowest BCUT2D eigenvalue weighted by molar-refractivity contribution is 1.14. The van der Waals surface area contributed by atoms with Crippen molar-refractivity contribution in [2.75, 3.05) is 0 Å². The van der Waals surface area contributed by atoms with E-state index in [4.69, 9.17) is 22.6 Å². The molecule has 0 aliphatic carbocycles. The second kappa shape index (κ2) is 6.91. The summed E-state index contributed by atoms with van der Waals surface area (Å²) < 4.78 is 3.73. The highest BCUT2D eigenvalue weighted by atomic mass is 35.5. The molecule has 16 heavy (non-hydrogen) atoms. The lowest BCUT2D eigenvalue weighted by Gasteiger charge is -2.02. The largest absolute Gasteiger partial charge is 0.403 e. The van der Waals surface area contributed by atoms with Crippen molar-refractivity contribution in [3.05, 3.63) is 29.6 Å². The minimum absolute atomic E-state index is 0.372. The average Bonchev–Trinajstić information content (AvgIpc) is 2.29. The molecule has 0 radical (unpaired) electrons. The minimum Gasteiger partial charge on any atom is -0.267 e. The van der Waals surface area contributed by atoms with E-state index < -0.39 is 0 Å². The van der Waals surface area contributed by atoms with Crippen LogP contribution in [0.15, 0.2) is 18.5 Å². The van der Waals surface area contributed by atoms with Crippen molar-refractivity contribution in [2.24, 2.45) is 5.73 Å². The maximum Gasteiger partial charge on any atom is 0.403 e. The van der Waals surface area contributed by atoms with Crippen molar-refractivity contribution in [2.45, 2.75) is 12.2 Å². The first-order valence-electron chi connectivity index (χ1n) is 4.44. The number of halogens is 1. The van der Waals surface area contributed by atoms with Crippen molar-refractivity contribution in [1.82, 2.24) is 9.65 Å². The van der Waals surface area contributed by atoms with E-state index in [2.05, 4.69) is 15.7 Å². The van der Waals surface area contributed by atoms with Crippen LogP contribution in [-0.2, 0) is 12.2 Å². The Labute approximate surface area is 103 Å². The molecule has 0 fully saturated rings. The molecule has 1 aromatic rings. The second-order valence-corrected chi connectivity index (χ2v) is 4.02. The molecule has 0 unspecified atom stereocenters. The van der Waals surface area contributed by atoms with Crippen molar-refractivity contribution in [3.8, 4) is 6.07 Å². The van der Waals surface area contributed by atoms with Gasteiger partial charge in [0.25, 0.3) is 5.67 Å². The lowest BCUT2D eigenvalue weighted by Crippen LogP contribution is -2.10. The molecule has 0 amide bonds. The number of aromatic nitrogens is 1. The van der Waals surface area contributed by atoms with Crippen molar-refractivity contribution in [1.29, 1.82) is 5.26 Å². The van der Waals surface area contributed by atoms with Gasteiger partial charge in [0.05, 0.1) is 12.5 Å². The molecule has 6 heteroatoms. The van der Waals surface area contributed by atoms with Crippen molar-refractivity contribution in [3.63, 3.8) is 0 Å². The molecule has 0 aliphatic rings. The molecule has 0 aliphatic heterocycles. The molecule has 0 bridgehead atoms. The summed E-state index contributed by atoms with van der Waals surface area (Å²) in [5.41, 5.74) is 8.65. The molecule has 1 rings (SSSR count). The van der Waals surface area contributed by atoms with E-state index in [0.29, 0.717) is 17.3 Å². The van der Waals surface area contributed by atoms with Gasteiger partial charge >= 0.3 is 5.17 Å². The summed E-state index contributed by atoms with van der Waals surface area (Å²) in [6.07, 6.45) is 3.78. The predicted molar refractivity (Wildman–Crippen MR) is 68.1 cm³/mol. The number of pyridine rings is 1. The molecule has 4 nitrogen and oxygen atoms in total. The Morgan fingerprint density at radius 3 is 3.19 bits per heavy atom. The first-order valence-corrected chi connectivity index (χ1v) is 5.86. The van der Waals surface area contributed by atoms with Crippen LogP contribution in [0.3, 0.4) is 0 Å². The summed E-state index contributed by atoms with van der Waals surface area (Å²) >= 11 is 6.65. The van der Waals surface area contributed by atoms with Gasteiger partial charge in [-0.05, 0) is 40.6 Å². The molecule has 82 valence electrons. The Morgan fingerprint density at radius 1 is 1.69 bits per heavy atom. The third kappa shape index (κ3) is 3.95. The number of amidine groups is 1. The van der Waals surface area contributed by atoms with Gasteiger partial charge in [-0.25, -0.2) is 0 Å². The SMILES string of the molecule is N#CCc1ccncc1CSC(N)=[N+]=CCl. The second-order valence-electron chi connectivity index (χ2n) is 2.83. The predicted octanol–water partition coefficient (Wildman–Crippen LogP) is 1.03. The van der Waals surface area contributed by atoms with Crippen LogP contribution < -0.4 is 10.4 Å². The van der Waals surface area contributed by atoms with E-state index in [9.17, 15) is 0 Å². The normalized spacial score (nSPS) is 9.00. The van der Waals surface area contributed by atoms with Gasteiger partial charge in [0.2, 0.25) is 0 Å². The maximum absolute atomic E-state index is 8.66. The highest BCUT2D eigenvalue weighted by Gasteiger charge is 2.06. The first-order chi connectivity index (χ1) is 7.77. The third-order valence-electron chi connectivity index (χ3n) is 1.83. The van der Waals surface area contributed by atoms with E-state index in [1.807, 2.05) is 6.07 Å². The summed E-state index contributed by atoms with van der Waals surface area (Å²) in [6.45, 7) is 0. The maximum atomic E-state index is 8.66. The van der Waals surface area contributed by atoms with Crippen LogP contribution in [0.4, 0.5) is 0 Å². The van der Waals surface area contributed by atoms with Crippen LogP contribution in [0.1, 0.15) is 11.1 Å². The Kier molecular flexibility index (Phi) is 5.44. The Balaban J connectivity index is 2.74. The lowest BCUT2D eigenvalue weighted by atomic mass is 10.1. The van der Waals surface area contributed by atoms with Crippen molar-refractivity contribution >= 4 is 34.2 Å². The zero-order valence-electron chi connectivity index (χ0n) is 8.43. The third-order valence-corrected chi connectivity index (χ3v) is 2.78. The van der Waals surface area contributed by atoms with E-state index in [-0.39, 0.29) is 0 Å². The summed E-state index contributed by atoms with van der Waals surface area (Å²) in [5.74, 6) is 0.630. The zero-order chi connectivity index (χ0) is 11.8. The van der Waals surface area contributed by atoms with Gasteiger partial charge in [-0.15, -0.1) is 0 Å². The van der Waals surface area contributed by atoms with E-state index in [1.165, 1.54) is 11.8 Å². The van der Waals surface area contributed by atoms with Crippen LogP contribution in [0.2, 0.25) is 0 Å². The van der Waals surface area contributed by atoms with Crippen molar-refractivity contribution < 1.29 is 0 Å². The molecule has 0 spiro atoms. The number of thioether (sulfide) groups is 1. The van der Waals surface area contributed by atoms with E-state index >= 15 is 0 Å². The first kappa shape index (κ1) is 12.6. The van der Waals surface area contributed by atoms with Gasteiger partial charge in [0.1, 0.15) is 0 Å². The summed E-state index contributed by atoms with van der Waals surface area (Å²) in [4.78, 5) is 4.01. The average molecular weight is 254 g/mol. The van der Waals surface area contributed by atoms with Crippen LogP contribution in [0, 0.1) is 11.3 Å². The topological polar surface area (TPSA) is 76.8 Å². The molecule has 0 saturated heterocycles. The summed E-state index contributed by atoms with van der Waals surface area (Å²) in [6, 6.07) is 3.94. The van der Waals surface area contributed by atoms with Crippen LogP contribution in [0.25, 0.3) is 0 Å². The van der Waals surface area contributed by atoms with Gasteiger partial charge < -0.3 is 0 Å². The highest BCUT2D eigenvalue weighted by molar-refractivity contribution is 8.13. The van der Waals surface area contributed by atoms with Gasteiger partial charge in [-0.2, -0.15) is 9.93 Å². The fraction of sp³-hybridized carbons (Fsp3) is 0.200. The Morgan fingerprint density at radius 2 is 2.50 bits per heavy atom. The van der Waals surface area contributed by atoms with Crippen LogP contribution in [0.5, 0.6) is 0 Å².